The van der Waals surface area contributed by atoms with Gasteiger partial charge in [0.05, 0.1) is 0 Å². The molecule has 0 atom stereocenters. The maximum Gasteiger partial charge on any atom is 0.0362 e. The van der Waals surface area contributed by atoms with Crippen LogP contribution in [0.25, 0.3) is 5.70 Å². The molecular weight excluding hydrogens is 148 g/mol. The summed E-state index contributed by atoms with van der Waals surface area (Å²) < 4.78 is 0. The molecule has 0 aliphatic rings. The number of nitrogens with two attached hydrogens (primary N) is 1. The molecule has 2 nitrogen and oxygen atoms in total. The first-order valence-electron chi connectivity index (χ1n) is 4.11. The van der Waals surface area contributed by atoms with Crippen molar-refractivity contribution in [2.75, 3.05) is 0 Å². The summed E-state index contributed by atoms with van der Waals surface area (Å²) in [7, 11) is 0. The molecule has 12 heavy (non-hydrogen) atoms. The lowest BCUT2D eigenvalue weighted by Crippen LogP contribution is -1.96. The van der Waals surface area contributed by atoms with Gasteiger partial charge in [-0.25, -0.2) is 0 Å². The smallest absolute Gasteiger partial charge is 0.0362 e. The van der Waals surface area contributed by atoms with Gasteiger partial charge >= 0.3 is 0 Å². The van der Waals surface area contributed by atoms with Crippen LogP contribution in [0.1, 0.15) is 24.5 Å². The van der Waals surface area contributed by atoms with Gasteiger partial charge in [-0.3, -0.25) is 4.98 Å². The van der Waals surface area contributed by atoms with E-state index in [9.17, 15) is 0 Å². The lowest BCUT2D eigenvalue weighted by molar-refractivity contribution is 1.20. The van der Waals surface area contributed by atoms with Crippen LogP contribution < -0.4 is 5.73 Å². The van der Waals surface area contributed by atoms with E-state index in [1.165, 1.54) is 0 Å². The molecule has 1 heterocycles. The van der Waals surface area contributed by atoms with Gasteiger partial charge < -0.3 is 5.73 Å². The van der Waals surface area contributed by atoms with Crippen LogP contribution in [0.4, 0.5) is 0 Å². The Morgan fingerprint density at radius 3 is 2.92 bits per heavy atom. The predicted octanol–water partition coefficient (Wildman–Crippen LogP) is 2.10. The third-order valence-electron chi connectivity index (χ3n) is 1.63. The molecule has 2 heteroatoms. The Morgan fingerprint density at radius 2 is 2.33 bits per heavy atom. The summed E-state index contributed by atoms with van der Waals surface area (Å²) in [6.07, 6.45) is 6.56. The molecule has 0 bridgehead atoms. The van der Waals surface area contributed by atoms with Gasteiger partial charge in [-0.2, -0.15) is 0 Å². The van der Waals surface area contributed by atoms with E-state index in [2.05, 4.69) is 11.9 Å². The van der Waals surface area contributed by atoms with E-state index in [0.717, 1.165) is 23.2 Å². The lowest BCUT2D eigenvalue weighted by atomic mass is 10.1. The van der Waals surface area contributed by atoms with Crippen LogP contribution in [0, 0.1) is 6.92 Å². The van der Waals surface area contributed by atoms with Crippen molar-refractivity contribution in [3.8, 4) is 0 Å². The van der Waals surface area contributed by atoms with Crippen LogP contribution in [0.15, 0.2) is 24.5 Å². The molecule has 0 radical (unpaired) electrons. The third kappa shape index (κ3) is 2.09. The Kier molecular flexibility index (Phi) is 2.86. The average molecular weight is 162 g/mol. The maximum absolute atomic E-state index is 5.80. The van der Waals surface area contributed by atoms with Gasteiger partial charge in [0.1, 0.15) is 0 Å². The summed E-state index contributed by atoms with van der Waals surface area (Å²) in [5.74, 6) is 0. The number of aryl methyl sites for hydroxylation is 1. The minimum atomic E-state index is 0.814. The Labute approximate surface area is 73.1 Å². The highest BCUT2D eigenvalue weighted by Crippen LogP contribution is 2.09. The highest BCUT2D eigenvalue weighted by Gasteiger charge is 1.95. The first kappa shape index (κ1) is 8.78. The van der Waals surface area contributed by atoms with E-state index in [1.54, 1.807) is 6.20 Å². The second kappa shape index (κ2) is 3.90. The average Bonchev–Trinajstić information content (AvgIpc) is 2.05. The van der Waals surface area contributed by atoms with Crippen molar-refractivity contribution in [3.05, 3.63) is 35.7 Å². The molecule has 0 fully saturated rings. The highest BCUT2D eigenvalue weighted by molar-refractivity contribution is 5.61. The Morgan fingerprint density at radius 1 is 1.58 bits per heavy atom. The third-order valence-corrected chi connectivity index (χ3v) is 1.63. The minimum Gasteiger partial charge on any atom is -0.398 e. The van der Waals surface area contributed by atoms with Crippen molar-refractivity contribution in [2.24, 2.45) is 5.73 Å². The van der Waals surface area contributed by atoms with Crippen molar-refractivity contribution < 1.29 is 0 Å². The first-order chi connectivity index (χ1) is 5.74. The van der Waals surface area contributed by atoms with E-state index in [4.69, 9.17) is 5.73 Å². The SMILES string of the molecule is CC/C=C(\N)c1cncc(C)c1. The van der Waals surface area contributed by atoms with Crippen LogP contribution in [0.2, 0.25) is 0 Å². The molecule has 0 aromatic carbocycles. The quantitative estimate of drug-likeness (QED) is 0.723. The van der Waals surface area contributed by atoms with E-state index < -0.39 is 0 Å². The van der Waals surface area contributed by atoms with Crippen LogP contribution in [0.5, 0.6) is 0 Å². The van der Waals surface area contributed by atoms with Crippen molar-refractivity contribution in [2.45, 2.75) is 20.3 Å². The summed E-state index contributed by atoms with van der Waals surface area (Å²) in [5, 5.41) is 0. The van der Waals surface area contributed by atoms with E-state index in [1.807, 2.05) is 25.3 Å². The zero-order chi connectivity index (χ0) is 8.97. The Bertz CT molecular complexity index is 290. The normalized spacial score (nSPS) is 11.7. The molecule has 0 spiro atoms. The van der Waals surface area contributed by atoms with Gasteiger partial charge in [-0.05, 0) is 25.0 Å². The monoisotopic (exact) mass is 162 g/mol. The zero-order valence-electron chi connectivity index (χ0n) is 7.54. The highest BCUT2D eigenvalue weighted by atomic mass is 14.6. The van der Waals surface area contributed by atoms with Crippen molar-refractivity contribution in [1.29, 1.82) is 0 Å². The van der Waals surface area contributed by atoms with E-state index in [-0.39, 0.29) is 0 Å². The molecule has 0 aliphatic carbocycles. The number of nitrogens with zero attached hydrogens (tertiary/aromatic N) is 1. The Balaban J connectivity index is 2.95. The van der Waals surface area contributed by atoms with Gasteiger partial charge in [0, 0.05) is 23.7 Å². The summed E-state index contributed by atoms with van der Waals surface area (Å²) in [6, 6.07) is 2.04. The fourth-order valence-electron chi connectivity index (χ4n) is 1.05. The minimum absolute atomic E-state index is 0.814. The summed E-state index contributed by atoms with van der Waals surface area (Å²) in [5.41, 5.74) is 8.76. The van der Waals surface area contributed by atoms with Gasteiger partial charge in [0.2, 0.25) is 0 Å². The topological polar surface area (TPSA) is 38.9 Å². The van der Waals surface area contributed by atoms with Gasteiger partial charge in [0.25, 0.3) is 0 Å². The molecule has 1 aromatic rings. The standard InChI is InChI=1S/C10H14N2/c1-3-4-10(11)9-5-8(2)6-12-7-9/h4-7H,3,11H2,1-2H3/b10-4-. The van der Waals surface area contributed by atoms with Crippen molar-refractivity contribution >= 4 is 5.70 Å². The van der Waals surface area contributed by atoms with Crippen LogP contribution >= 0.6 is 0 Å². The predicted molar refractivity (Wildman–Crippen MR) is 51.4 cm³/mol. The van der Waals surface area contributed by atoms with Crippen LogP contribution in [0.3, 0.4) is 0 Å². The molecule has 0 aliphatic heterocycles. The number of pyridine rings is 1. The maximum atomic E-state index is 5.80. The molecule has 2 N–H and O–H groups in total. The number of allylic oxidation sites excluding steroid dienone is 1. The molecule has 0 saturated heterocycles. The number of hydrogen-bond donors (Lipinski definition) is 1. The lowest BCUT2D eigenvalue weighted by Gasteiger charge is -2.00. The molecular formula is C10H14N2. The summed E-state index contributed by atoms with van der Waals surface area (Å²) in [6.45, 7) is 4.08. The van der Waals surface area contributed by atoms with Crippen molar-refractivity contribution in [3.63, 3.8) is 0 Å². The largest absolute Gasteiger partial charge is 0.398 e. The fourth-order valence-corrected chi connectivity index (χ4v) is 1.05. The zero-order valence-corrected chi connectivity index (χ0v) is 7.54. The number of rotatable bonds is 2. The molecule has 1 aromatic heterocycles. The second-order valence-electron chi connectivity index (χ2n) is 2.82. The van der Waals surface area contributed by atoms with Gasteiger partial charge in [0.15, 0.2) is 0 Å². The van der Waals surface area contributed by atoms with Crippen molar-refractivity contribution in [1.82, 2.24) is 4.98 Å². The summed E-state index contributed by atoms with van der Waals surface area (Å²) in [4.78, 5) is 4.07. The first-order valence-corrected chi connectivity index (χ1v) is 4.11. The van der Waals surface area contributed by atoms with Crippen LogP contribution in [-0.4, -0.2) is 4.98 Å². The number of aromatic nitrogens is 1. The molecule has 0 amide bonds. The molecule has 1 rings (SSSR count). The Hall–Kier alpha value is -1.31. The fraction of sp³-hybridized carbons (Fsp3) is 0.300. The van der Waals surface area contributed by atoms with Crippen LogP contribution in [-0.2, 0) is 0 Å². The van der Waals surface area contributed by atoms with Gasteiger partial charge in [-0.15, -0.1) is 0 Å². The molecule has 0 saturated carbocycles. The second-order valence-corrected chi connectivity index (χ2v) is 2.82. The molecule has 0 unspecified atom stereocenters. The molecule has 64 valence electrons. The number of hydrogen-bond acceptors (Lipinski definition) is 2. The van der Waals surface area contributed by atoms with E-state index in [0.29, 0.717) is 0 Å². The van der Waals surface area contributed by atoms with E-state index >= 15 is 0 Å². The summed E-state index contributed by atoms with van der Waals surface area (Å²) >= 11 is 0. The van der Waals surface area contributed by atoms with Gasteiger partial charge in [-0.1, -0.05) is 13.0 Å².